The second kappa shape index (κ2) is 6.87. The lowest BCUT2D eigenvalue weighted by Gasteiger charge is -2.56. The zero-order valence-electron chi connectivity index (χ0n) is 16.2. The number of methoxy groups -OCH3 is 1. The molecule has 150 valence electrons. The molecule has 4 aliphatic carbocycles. The summed E-state index contributed by atoms with van der Waals surface area (Å²) in [5, 5.41) is 11.4. The maximum atomic E-state index is 13.3. The van der Waals surface area contributed by atoms with Crippen LogP contribution in [0.25, 0.3) is 0 Å². The zero-order valence-corrected chi connectivity index (χ0v) is 16.2. The van der Waals surface area contributed by atoms with Gasteiger partial charge in [-0.05, 0) is 75.3 Å². The molecule has 4 aliphatic rings. The molecule has 0 aliphatic heterocycles. The Hall–Kier alpha value is -2.44. The van der Waals surface area contributed by atoms with Gasteiger partial charge in [0.25, 0.3) is 0 Å². The first-order chi connectivity index (χ1) is 13.3. The maximum Gasteiger partial charge on any atom is 0.338 e. The van der Waals surface area contributed by atoms with Gasteiger partial charge >= 0.3 is 11.7 Å². The SMILES string of the molecule is COC(=O)c1ccc(O[C@H](C)C(=O)C23CC4CC(CC(C4)C2)C3)c([N+](=O)[O-])c1. The van der Waals surface area contributed by atoms with E-state index in [4.69, 9.17) is 4.74 Å². The van der Waals surface area contributed by atoms with Crippen molar-refractivity contribution >= 4 is 17.4 Å². The number of nitro groups is 1. The molecule has 0 spiro atoms. The molecule has 1 atom stereocenters. The monoisotopic (exact) mass is 387 g/mol. The molecule has 0 N–H and O–H groups in total. The van der Waals surface area contributed by atoms with Gasteiger partial charge in [0.1, 0.15) is 0 Å². The van der Waals surface area contributed by atoms with Gasteiger partial charge in [0, 0.05) is 11.5 Å². The lowest BCUT2D eigenvalue weighted by molar-refractivity contribution is -0.386. The number of nitro benzene ring substituents is 1. The number of ketones is 1. The van der Waals surface area contributed by atoms with Crippen LogP contribution in [0.1, 0.15) is 55.8 Å². The van der Waals surface area contributed by atoms with Crippen molar-refractivity contribution in [2.45, 2.75) is 51.6 Å². The summed E-state index contributed by atoms with van der Waals surface area (Å²) in [7, 11) is 1.21. The van der Waals surface area contributed by atoms with Crippen LogP contribution in [0.15, 0.2) is 18.2 Å². The highest BCUT2D eigenvalue weighted by molar-refractivity contribution is 5.91. The molecule has 7 nitrogen and oxygen atoms in total. The molecule has 1 aromatic carbocycles. The number of esters is 1. The van der Waals surface area contributed by atoms with E-state index in [1.165, 1.54) is 38.5 Å². The third-order valence-corrected chi connectivity index (χ3v) is 6.81. The Kier molecular flexibility index (Phi) is 4.63. The van der Waals surface area contributed by atoms with Crippen LogP contribution in [0.5, 0.6) is 5.75 Å². The van der Waals surface area contributed by atoms with Crippen LogP contribution in [0.4, 0.5) is 5.69 Å². The molecule has 28 heavy (non-hydrogen) atoms. The number of carbonyl (C=O) groups excluding carboxylic acids is 2. The minimum absolute atomic E-state index is 0.00299. The molecule has 4 saturated carbocycles. The van der Waals surface area contributed by atoms with Gasteiger partial charge in [0.2, 0.25) is 0 Å². The van der Waals surface area contributed by atoms with Gasteiger partial charge in [0.15, 0.2) is 17.6 Å². The van der Waals surface area contributed by atoms with Crippen LogP contribution < -0.4 is 4.74 Å². The summed E-state index contributed by atoms with van der Waals surface area (Å²) in [6, 6.07) is 3.91. The van der Waals surface area contributed by atoms with E-state index in [0.29, 0.717) is 17.8 Å². The molecule has 0 unspecified atom stereocenters. The number of nitrogens with zero attached hydrogens (tertiary/aromatic N) is 1. The number of rotatable bonds is 6. The number of benzene rings is 1. The predicted molar refractivity (Wildman–Crippen MR) is 100 cm³/mol. The molecule has 0 heterocycles. The van der Waals surface area contributed by atoms with Crippen LogP contribution in [0.3, 0.4) is 0 Å². The molecule has 1 aromatic rings. The smallest absolute Gasteiger partial charge is 0.338 e. The van der Waals surface area contributed by atoms with Crippen molar-refractivity contribution in [3.05, 3.63) is 33.9 Å². The van der Waals surface area contributed by atoms with Crippen molar-refractivity contribution in [3.8, 4) is 5.75 Å². The van der Waals surface area contributed by atoms with E-state index in [1.807, 2.05) is 0 Å². The van der Waals surface area contributed by atoms with E-state index in [2.05, 4.69) is 4.74 Å². The average Bonchev–Trinajstić information content (AvgIpc) is 2.65. The maximum absolute atomic E-state index is 13.3. The van der Waals surface area contributed by atoms with Crippen LogP contribution in [-0.4, -0.2) is 29.9 Å². The highest BCUT2D eigenvalue weighted by atomic mass is 16.6. The Labute approximate surface area is 163 Å². The summed E-state index contributed by atoms with van der Waals surface area (Å²) in [5.41, 5.74) is -0.593. The number of carbonyl (C=O) groups is 2. The second-order valence-electron chi connectivity index (χ2n) is 8.75. The lowest BCUT2D eigenvalue weighted by Crippen LogP contribution is -2.53. The summed E-state index contributed by atoms with van der Waals surface area (Å²) >= 11 is 0. The minimum atomic E-state index is -0.765. The fourth-order valence-corrected chi connectivity index (χ4v) is 6.09. The van der Waals surface area contributed by atoms with Crippen molar-refractivity contribution in [2.75, 3.05) is 7.11 Å². The van der Waals surface area contributed by atoms with Crippen molar-refractivity contribution in [1.29, 1.82) is 0 Å². The molecule has 0 amide bonds. The summed E-state index contributed by atoms with van der Waals surface area (Å²) in [4.78, 5) is 35.8. The van der Waals surface area contributed by atoms with E-state index in [-0.39, 0.29) is 28.2 Å². The third-order valence-electron chi connectivity index (χ3n) is 6.81. The molecule has 0 aromatic heterocycles. The molecule has 4 fully saturated rings. The molecule has 7 heteroatoms. The highest BCUT2D eigenvalue weighted by Crippen LogP contribution is 2.60. The Morgan fingerprint density at radius 1 is 1.14 bits per heavy atom. The Morgan fingerprint density at radius 2 is 1.71 bits per heavy atom. The Balaban J connectivity index is 1.55. The van der Waals surface area contributed by atoms with E-state index < -0.39 is 17.0 Å². The largest absolute Gasteiger partial charge is 0.476 e. The molecular formula is C21H25NO6. The first-order valence-electron chi connectivity index (χ1n) is 9.89. The Bertz CT molecular complexity index is 797. The molecule has 5 rings (SSSR count). The number of ether oxygens (including phenoxy) is 2. The van der Waals surface area contributed by atoms with Gasteiger partial charge < -0.3 is 9.47 Å². The number of hydrogen-bond acceptors (Lipinski definition) is 6. The zero-order chi connectivity index (χ0) is 20.1. The molecular weight excluding hydrogens is 362 g/mol. The normalized spacial score (nSPS) is 31.3. The van der Waals surface area contributed by atoms with E-state index in [0.717, 1.165) is 25.3 Å². The lowest BCUT2D eigenvalue weighted by atomic mass is 9.48. The summed E-state index contributed by atoms with van der Waals surface area (Å²) in [6.45, 7) is 1.68. The van der Waals surface area contributed by atoms with E-state index in [9.17, 15) is 19.7 Å². The summed E-state index contributed by atoms with van der Waals surface area (Å²) < 4.78 is 10.4. The minimum Gasteiger partial charge on any atom is -0.476 e. The van der Waals surface area contributed by atoms with Gasteiger partial charge in [-0.25, -0.2) is 4.79 Å². The summed E-state index contributed by atoms with van der Waals surface area (Å²) in [5.74, 6) is 1.32. The van der Waals surface area contributed by atoms with Crippen molar-refractivity contribution < 1.29 is 24.0 Å². The topological polar surface area (TPSA) is 95.7 Å². The number of Topliss-reactive ketones (excluding diaryl/α,β-unsaturated/α-hetero) is 1. The fraction of sp³-hybridized carbons (Fsp3) is 0.619. The van der Waals surface area contributed by atoms with Crippen LogP contribution in [0.2, 0.25) is 0 Å². The standard InChI is InChI=1S/C21H25NO6/c1-12(19(23)21-9-13-5-14(10-21)7-15(6-13)11-21)28-18-4-3-16(20(24)27-2)8-17(18)22(25)26/h3-4,8,12-15H,5-7,9-11H2,1-2H3/t12-,13?,14?,15?,21?/m1/s1. The number of hydrogen-bond donors (Lipinski definition) is 0. The predicted octanol–water partition coefficient (Wildman–Crippen LogP) is 3.93. The van der Waals surface area contributed by atoms with Crippen LogP contribution >= 0.6 is 0 Å². The van der Waals surface area contributed by atoms with Crippen molar-refractivity contribution in [1.82, 2.24) is 0 Å². The van der Waals surface area contributed by atoms with E-state index >= 15 is 0 Å². The van der Waals surface area contributed by atoms with Gasteiger partial charge in [-0.2, -0.15) is 0 Å². The third kappa shape index (κ3) is 3.16. The van der Waals surface area contributed by atoms with Crippen molar-refractivity contribution in [2.24, 2.45) is 23.2 Å². The van der Waals surface area contributed by atoms with Gasteiger partial charge in [-0.15, -0.1) is 0 Å². The quantitative estimate of drug-likeness (QED) is 0.417. The van der Waals surface area contributed by atoms with Crippen molar-refractivity contribution in [3.63, 3.8) is 0 Å². The highest BCUT2D eigenvalue weighted by Gasteiger charge is 2.55. The average molecular weight is 387 g/mol. The van der Waals surface area contributed by atoms with Gasteiger partial charge in [-0.3, -0.25) is 14.9 Å². The van der Waals surface area contributed by atoms with Gasteiger partial charge in [0.05, 0.1) is 17.6 Å². The van der Waals surface area contributed by atoms with Crippen LogP contribution in [0, 0.1) is 33.3 Å². The van der Waals surface area contributed by atoms with Gasteiger partial charge in [-0.1, -0.05) is 0 Å². The molecule has 4 bridgehead atoms. The fourth-order valence-electron chi connectivity index (χ4n) is 6.09. The molecule has 0 saturated heterocycles. The van der Waals surface area contributed by atoms with E-state index in [1.54, 1.807) is 6.92 Å². The molecule has 0 radical (unpaired) electrons. The van der Waals surface area contributed by atoms with Crippen LogP contribution in [-0.2, 0) is 9.53 Å². The summed E-state index contributed by atoms with van der Waals surface area (Å²) in [6.07, 6.45) is 5.73. The first-order valence-corrected chi connectivity index (χ1v) is 9.89. The first kappa shape index (κ1) is 18.9. The Morgan fingerprint density at radius 3 is 2.21 bits per heavy atom. The second-order valence-corrected chi connectivity index (χ2v) is 8.75.